The molecule has 0 bridgehead atoms. The van der Waals surface area contributed by atoms with Crippen molar-refractivity contribution in [3.8, 4) is 5.75 Å². The van der Waals surface area contributed by atoms with Gasteiger partial charge in [0.05, 0.1) is 27.7 Å². The van der Waals surface area contributed by atoms with Gasteiger partial charge in [0.1, 0.15) is 18.3 Å². The maximum absolute atomic E-state index is 14.8. The van der Waals surface area contributed by atoms with Crippen molar-refractivity contribution in [2.75, 3.05) is 18.0 Å². The molecule has 2 amide bonds. The van der Waals surface area contributed by atoms with Crippen LogP contribution in [-0.4, -0.2) is 50.9 Å². The summed E-state index contributed by atoms with van der Waals surface area (Å²) in [7, 11) is -2.83. The summed E-state index contributed by atoms with van der Waals surface area (Å²) in [6.07, 6.45) is 5.10. The Kier molecular flexibility index (Phi) is 12.3. The Labute approximate surface area is 299 Å². The minimum atomic E-state index is -4.28. The van der Waals surface area contributed by atoms with Gasteiger partial charge in [-0.25, -0.2) is 8.42 Å². The van der Waals surface area contributed by atoms with E-state index in [0.29, 0.717) is 15.6 Å². The number of sulfonamides is 1. The Hall–Kier alpha value is -4.05. The van der Waals surface area contributed by atoms with Crippen molar-refractivity contribution in [3.63, 3.8) is 0 Å². The molecule has 11 heteroatoms. The van der Waals surface area contributed by atoms with Gasteiger partial charge in [-0.15, -0.1) is 0 Å². The fourth-order valence-corrected chi connectivity index (χ4v) is 7.92. The number of rotatable bonds is 13. The molecule has 0 heterocycles. The molecular formula is C38H41Cl2N3O5S. The van der Waals surface area contributed by atoms with Crippen LogP contribution in [0.15, 0.2) is 102 Å². The van der Waals surface area contributed by atoms with Crippen molar-refractivity contribution >= 4 is 50.7 Å². The van der Waals surface area contributed by atoms with E-state index in [1.165, 1.54) is 24.1 Å². The van der Waals surface area contributed by atoms with Gasteiger partial charge in [0.25, 0.3) is 10.0 Å². The number of carbonyl (C=O) groups excluding carboxylic acids is 2. The van der Waals surface area contributed by atoms with Crippen LogP contribution in [0.25, 0.3) is 0 Å². The second kappa shape index (κ2) is 16.6. The van der Waals surface area contributed by atoms with Crippen LogP contribution < -0.4 is 14.4 Å². The van der Waals surface area contributed by atoms with Gasteiger partial charge in [-0.1, -0.05) is 103 Å². The van der Waals surface area contributed by atoms with E-state index in [9.17, 15) is 18.0 Å². The summed E-state index contributed by atoms with van der Waals surface area (Å²) in [5, 5.41) is 3.87. The highest BCUT2D eigenvalue weighted by atomic mass is 35.5. The molecule has 5 rings (SSSR count). The Morgan fingerprint density at radius 2 is 1.53 bits per heavy atom. The fourth-order valence-electron chi connectivity index (χ4n) is 6.16. The van der Waals surface area contributed by atoms with E-state index in [1.807, 2.05) is 37.3 Å². The first-order valence-corrected chi connectivity index (χ1v) is 18.6. The van der Waals surface area contributed by atoms with Crippen molar-refractivity contribution in [1.29, 1.82) is 0 Å². The van der Waals surface area contributed by atoms with Gasteiger partial charge in [-0.05, 0) is 72.9 Å². The highest BCUT2D eigenvalue weighted by Crippen LogP contribution is 2.34. The van der Waals surface area contributed by atoms with Crippen LogP contribution in [-0.2, 0) is 32.6 Å². The van der Waals surface area contributed by atoms with Gasteiger partial charge in [-0.3, -0.25) is 13.9 Å². The predicted molar refractivity (Wildman–Crippen MR) is 195 cm³/mol. The molecule has 0 radical (unpaired) electrons. The van der Waals surface area contributed by atoms with Crippen LogP contribution in [0.1, 0.15) is 48.8 Å². The minimum Gasteiger partial charge on any atom is -0.495 e. The minimum absolute atomic E-state index is 0.00652. The van der Waals surface area contributed by atoms with Crippen LogP contribution in [0.5, 0.6) is 5.75 Å². The molecule has 4 aromatic rings. The van der Waals surface area contributed by atoms with Crippen molar-refractivity contribution in [2.24, 2.45) is 0 Å². The number of anilines is 1. The molecule has 1 N–H and O–H groups in total. The first-order valence-electron chi connectivity index (χ1n) is 16.4. The second-order valence-electron chi connectivity index (χ2n) is 12.3. The van der Waals surface area contributed by atoms with Crippen molar-refractivity contribution in [2.45, 2.75) is 69.0 Å². The van der Waals surface area contributed by atoms with E-state index < -0.39 is 28.5 Å². The molecule has 1 aliphatic carbocycles. The monoisotopic (exact) mass is 721 g/mol. The van der Waals surface area contributed by atoms with Crippen LogP contribution >= 0.6 is 23.2 Å². The Balaban J connectivity index is 1.61. The van der Waals surface area contributed by atoms with Gasteiger partial charge >= 0.3 is 0 Å². The molecule has 0 aliphatic heterocycles. The molecule has 1 fully saturated rings. The third-order valence-corrected chi connectivity index (χ3v) is 11.3. The smallest absolute Gasteiger partial charge is 0.264 e. The van der Waals surface area contributed by atoms with E-state index in [2.05, 4.69) is 5.32 Å². The lowest BCUT2D eigenvalue weighted by molar-refractivity contribution is -0.140. The van der Waals surface area contributed by atoms with Crippen molar-refractivity contribution in [1.82, 2.24) is 10.2 Å². The third-order valence-electron chi connectivity index (χ3n) is 8.77. The molecule has 0 aromatic heterocycles. The molecule has 49 heavy (non-hydrogen) atoms. The number of halogens is 2. The summed E-state index contributed by atoms with van der Waals surface area (Å²) in [6.45, 7) is 1.22. The molecule has 4 aromatic carbocycles. The van der Waals surface area contributed by atoms with E-state index in [1.54, 1.807) is 54.6 Å². The lowest BCUT2D eigenvalue weighted by atomic mass is 9.94. The van der Waals surface area contributed by atoms with Crippen LogP contribution in [0.2, 0.25) is 10.0 Å². The van der Waals surface area contributed by atoms with Crippen molar-refractivity contribution in [3.05, 3.63) is 124 Å². The number of nitrogens with one attached hydrogen (secondary N) is 1. The quantitative estimate of drug-likeness (QED) is 0.154. The van der Waals surface area contributed by atoms with Crippen molar-refractivity contribution < 1.29 is 22.7 Å². The average Bonchev–Trinajstić information content (AvgIpc) is 3.11. The summed E-state index contributed by atoms with van der Waals surface area (Å²) in [4.78, 5) is 30.6. The summed E-state index contributed by atoms with van der Waals surface area (Å²) in [5.74, 6) is -0.589. The SMILES string of the molecule is COc1ccc(C)cc1N(CC(=O)N(Cc1ccc(Cl)c(Cl)c1)[C@H](Cc1ccccc1)C(=O)NC1CCCCC1)S(=O)(=O)c1ccccc1. The predicted octanol–water partition coefficient (Wildman–Crippen LogP) is 7.59. The maximum atomic E-state index is 14.8. The number of methoxy groups -OCH3 is 1. The molecular weight excluding hydrogens is 681 g/mol. The number of ether oxygens (including phenoxy) is 1. The van der Waals surface area contributed by atoms with E-state index >= 15 is 0 Å². The number of amides is 2. The van der Waals surface area contributed by atoms with Gasteiger partial charge in [0, 0.05) is 19.0 Å². The third kappa shape index (κ3) is 9.15. The molecule has 0 unspecified atom stereocenters. The molecule has 8 nitrogen and oxygen atoms in total. The average molecular weight is 723 g/mol. The van der Waals surface area contributed by atoms with Gasteiger partial charge in [0.2, 0.25) is 11.8 Å². The fraction of sp³-hybridized carbons (Fsp3) is 0.316. The summed E-state index contributed by atoms with van der Waals surface area (Å²) >= 11 is 12.6. The maximum Gasteiger partial charge on any atom is 0.264 e. The Bertz CT molecular complexity index is 1850. The number of nitrogens with zero attached hydrogens (tertiary/aromatic N) is 2. The lowest BCUT2D eigenvalue weighted by Crippen LogP contribution is -2.55. The van der Waals surface area contributed by atoms with E-state index in [4.69, 9.17) is 27.9 Å². The number of aryl methyl sites for hydroxylation is 1. The van der Waals surface area contributed by atoms with Gasteiger partial charge < -0.3 is 15.0 Å². The zero-order chi connectivity index (χ0) is 35.0. The molecule has 1 saturated carbocycles. The Morgan fingerprint density at radius 1 is 0.857 bits per heavy atom. The molecule has 1 atom stereocenters. The van der Waals surface area contributed by atoms with E-state index in [-0.39, 0.29) is 41.2 Å². The second-order valence-corrected chi connectivity index (χ2v) is 15.0. The van der Waals surface area contributed by atoms with Crippen LogP contribution in [0, 0.1) is 6.92 Å². The highest BCUT2D eigenvalue weighted by molar-refractivity contribution is 7.92. The topological polar surface area (TPSA) is 96.0 Å². The summed E-state index contributed by atoms with van der Waals surface area (Å²) in [6, 6.07) is 26.6. The van der Waals surface area contributed by atoms with Gasteiger partial charge in [0.15, 0.2) is 0 Å². The standard InChI is InChI=1S/C38H41Cl2N3O5S/c1-27-18-21-36(48-2)34(22-27)43(49(46,47)31-16-10-5-11-17-31)26-37(44)42(25-29-19-20-32(39)33(40)23-29)35(24-28-12-6-3-7-13-28)38(45)41-30-14-8-4-9-15-30/h3,5-7,10-13,16-23,30,35H,4,8-9,14-15,24-26H2,1-2H3,(H,41,45)/t35-/m1/s1. The largest absolute Gasteiger partial charge is 0.495 e. The number of carbonyl (C=O) groups is 2. The molecule has 1 aliphatic rings. The normalized spacial score (nSPS) is 14.1. The van der Waals surface area contributed by atoms with Crippen LogP contribution in [0.3, 0.4) is 0 Å². The first kappa shape index (κ1) is 36.2. The van der Waals surface area contributed by atoms with Crippen LogP contribution in [0.4, 0.5) is 5.69 Å². The molecule has 0 spiro atoms. The molecule has 0 saturated heterocycles. The number of hydrogen-bond donors (Lipinski definition) is 1. The van der Waals surface area contributed by atoms with E-state index in [0.717, 1.165) is 47.5 Å². The number of benzene rings is 4. The zero-order valence-corrected chi connectivity index (χ0v) is 30.0. The lowest BCUT2D eigenvalue weighted by Gasteiger charge is -2.35. The first-order chi connectivity index (χ1) is 23.6. The Morgan fingerprint density at radius 3 is 2.18 bits per heavy atom. The summed E-state index contributed by atoms with van der Waals surface area (Å²) < 4.78 is 35.4. The zero-order valence-electron chi connectivity index (χ0n) is 27.6. The summed E-state index contributed by atoms with van der Waals surface area (Å²) in [5.41, 5.74) is 2.47. The highest BCUT2D eigenvalue weighted by Gasteiger charge is 2.36. The number of hydrogen-bond acceptors (Lipinski definition) is 5. The van der Waals surface area contributed by atoms with Gasteiger partial charge in [-0.2, -0.15) is 0 Å². The molecule has 258 valence electrons.